The average molecular weight is 476 g/mol. The number of aryl methyl sites for hydroxylation is 1. The van der Waals surface area contributed by atoms with E-state index in [2.05, 4.69) is 31.1 Å². The van der Waals surface area contributed by atoms with E-state index in [9.17, 15) is 9.59 Å². The topological polar surface area (TPSA) is 132 Å². The van der Waals surface area contributed by atoms with E-state index in [0.717, 1.165) is 19.4 Å². The van der Waals surface area contributed by atoms with Crippen LogP contribution in [0.25, 0.3) is 11.5 Å². The Morgan fingerprint density at radius 1 is 1.20 bits per heavy atom. The molecule has 3 atom stereocenters. The van der Waals surface area contributed by atoms with E-state index in [1.165, 1.54) is 15.3 Å². The van der Waals surface area contributed by atoms with Gasteiger partial charge in [0.05, 0.1) is 24.0 Å². The Morgan fingerprint density at radius 3 is 2.86 bits per heavy atom. The van der Waals surface area contributed by atoms with Crippen LogP contribution in [-0.4, -0.2) is 60.7 Å². The number of anilines is 3. The van der Waals surface area contributed by atoms with E-state index in [1.807, 2.05) is 0 Å². The summed E-state index contributed by atoms with van der Waals surface area (Å²) in [5.74, 6) is 1.17. The number of fused-ring (bicyclic) bond motifs is 2. The minimum atomic E-state index is -0.279. The highest BCUT2D eigenvalue weighted by Gasteiger charge is 2.46. The van der Waals surface area contributed by atoms with Crippen LogP contribution in [-0.2, 0) is 11.8 Å². The van der Waals surface area contributed by atoms with Crippen molar-refractivity contribution < 1.29 is 9.53 Å². The van der Waals surface area contributed by atoms with Gasteiger partial charge in [0.25, 0.3) is 11.5 Å². The molecule has 2 fully saturated rings. The molecule has 1 aliphatic heterocycles. The maximum atomic E-state index is 13.1. The number of ether oxygens (including phenoxy) is 1. The van der Waals surface area contributed by atoms with Gasteiger partial charge in [-0.05, 0) is 30.9 Å². The molecule has 3 N–H and O–H groups in total. The zero-order chi connectivity index (χ0) is 24.1. The van der Waals surface area contributed by atoms with Gasteiger partial charge in [-0.1, -0.05) is 0 Å². The van der Waals surface area contributed by atoms with Crippen molar-refractivity contribution in [2.24, 2.45) is 13.0 Å². The van der Waals surface area contributed by atoms with Crippen molar-refractivity contribution in [3.05, 3.63) is 58.9 Å². The van der Waals surface area contributed by atoms with Gasteiger partial charge >= 0.3 is 0 Å². The molecule has 12 heteroatoms. The average Bonchev–Trinajstić information content (AvgIpc) is 3.56. The third-order valence-corrected chi connectivity index (χ3v) is 6.66. The molecule has 1 amide bonds. The molecule has 0 aromatic carbocycles. The fourth-order valence-electron chi connectivity index (χ4n) is 4.81. The molecule has 0 unspecified atom stereocenters. The summed E-state index contributed by atoms with van der Waals surface area (Å²) in [4.78, 5) is 30.5. The first-order chi connectivity index (χ1) is 17.0. The second-order valence-corrected chi connectivity index (χ2v) is 8.84. The van der Waals surface area contributed by atoms with E-state index >= 15 is 0 Å². The van der Waals surface area contributed by atoms with Crippen LogP contribution in [0.2, 0.25) is 0 Å². The highest BCUT2D eigenvalue weighted by atomic mass is 16.5. The molecule has 1 saturated carbocycles. The summed E-state index contributed by atoms with van der Waals surface area (Å²) in [5, 5.41) is 18.1. The fourth-order valence-corrected chi connectivity index (χ4v) is 4.81. The fraction of sp³-hybridized carbons (Fsp3) is 0.348. The number of imidazole rings is 1. The molecular weight excluding hydrogens is 450 g/mol. The van der Waals surface area contributed by atoms with Gasteiger partial charge in [0.15, 0.2) is 23.0 Å². The van der Waals surface area contributed by atoms with Crippen LogP contribution in [0.1, 0.15) is 23.3 Å². The summed E-state index contributed by atoms with van der Waals surface area (Å²) in [7, 11) is 3.55. The summed E-state index contributed by atoms with van der Waals surface area (Å²) >= 11 is 0. The Morgan fingerprint density at radius 2 is 2.09 bits per heavy atom. The number of rotatable bonds is 6. The summed E-state index contributed by atoms with van der Waals surface area (Å²) in [6, 6.07) is 6.92. The molecule has 1 saturated heterocycles. The van der Waals surface area contributed by atoms with E-state index in [-0.39, 0.29) is 23.6 Å². The summed E-state index contributed by atoms with van der Waals surface area (Å²) in [6.07, 6.45) is 7.00. The molecule has 12 nitrogen and oxygen atoms in total. The largest absolute Gasteiger partial charge is 0.385 e. The van der Waals surface area contributed by atoms with Crippen LogP contribution >= 0.6 is 0 Å². The Hall–Kier alpha value is -4.19. The normalized spacial score (nSPS) is 20.9. The SMILES string of the molecule is CNc1cc(Nc2cccn(-c3ccn(C)n3)c2=O)nn2c(C(=O)N[C@H]3C[C@@H]4CCO[C@@H]43)cnc12. The predicted molar refractivity (Wildman–Crippen MR) is 128 cm³/mol. The number of pyridine rings is 1. The van der Waals surface area contributed by atoms with Gasteiger partial charge in [-0.2, -0.15) is 5.10 Å². The van der Waals surface area contributed by atoms with E-state index in [1.54, 1.807) is 55.4 Å². The molecule has 180 valence electrons. The highest BCUT2D eigenvalue weighted by molar-refractivity contribution is 5.94. The summed E-state index contributed by atoms with van der Waals surface area (Å²) in [6.45, 7) is 0.751. The van der Waals surface area contributed by atoms with Gasteiger partial charge < -0.3 is 20.7 Å². The molecule has 0 radical (unpaired) electrons. The molecule has 5 heterocycles. The highest BCUT2D eigenvalue weighted by Crippen LogP contribution is 2.38. The van der Waals surface area contributed by atoms with Gasteiger partial charge in [-0.15, -0.1) is 5.10 Å². The van der Waals surface area contributed by atoms with Crippen LogP contribution < -0.4 is 21.5 Å². The van der Waals surface area contributed by atoms with Crippen LogP contribution in [0.4, 0.5) is 17.2 Å². The number of aromatic nitrogens is 6. The second-order valence-electron chi connectivity index (χ2n) is 8.84. The van der Waals surface area contributed by atoms with E-state index in [0.29, 0.717) is 40.3 Å². The van der Waals surface area contributed by atoms with Gasteiger partial charge in [0, 0.05) is 45.2 Å². The van der Waals surface area contributed by atoms with Crippen molar-refractivity contribution in [1.82, 2.24) is 34.3 Å². The number of carbonyl (C=O) groups is 1. The standard InChI is InChI=1S/C23H25N9O3/c1-24-16-11-18(26-14-4-3-7-31(23(14)34)19-5-8-30(2)29-19)28-32-17(12-25-21(16)32)22(33)27-15-10-13-6-9-35-20(13)15/h3-5,7-8,11-13,15,20,24H,6,9-10H2,1-2H3,(H,26,28)(H,27,33)/t13-,15-,20-/m0/s1. The summed E-state index contributed by atoms with van der Waals surface area (Å²) in [5.41, 5.74) is 1.51. The van der Waals surface area contributed by atoms with Gasteiger partial charge in [0.1, 0.15) is 5.69 Å². The maximum Gasteiger partial charge on any atom is 0.280 e. The second kappa shape index (κ2) is 8.24. The van der Waals surface area contributed by atoms with Crippen molar-refractivity contribution in [3.63, 3.8) is 0 Å². The molecule has 6 rings (SSSR count). The van der Waals surface area contributed by atoms with Crippen LogP contribution in [0.5, 0.6) is 0 Å². The van der Waals surface area contributed by atoms with Gasteiger partial charge in [0.2, 0.25) is 0 Å². The van der Waals surface area contributed by atoms with Crippen molar-refractivity contribution in [2.75, 3.05) is 24.3 Å². The minimum Gasteiger partial charge on any atom is -0.385 e. The lowest BCUT2D eigenvalue weighted by Crippen LogP contribution is -2.54. The first-order valence-corrected chi connectivity index (χ1v) is 11.5. The molecule has 1 aliphatic carbocycles. The van der Waals surface area contributed by atoms with Gasteiger partial charge in [-0.25, -0.2) is 9.50 Å². The summed E-state index contributed by atoms with van der Waals surface area (Å²) < 4.78 is 10.3. The lowest BCUT2D eigenvalue weighted by Gasteiger charge is -2.39. The number of hydrogen-bond acceptors (Lipinski definition) is 8. The van der Waals surface area contributed by atoms with Crippen molar-refractivity contribution in [3.8, 4) is 5.82 Å². The molecule has 4 aromatic rings. The van der Waals surface area contributed by atoms with Crippen molar-refractivity contribution in [2.45, 2.75) is 25.0 Å². The zero-order valence-corrected chi connectivity index (χ0v) is 19.3. The van der Waals surface area contributed by atoms with Crippen LogP contribution in [0.15, 0.2) is 47.7 Å². The lowest BCUT2D eigenvalue weighted by atomic mass is 9.77. The number of amides is 1. The van der Waals surface area contributed by atoms with E-state index in [4.69, 9.17) is 4.74 Å². The van der Waals surface area contributed by atoms with Crippen LogP contribution in [0.3, 0.4) is 0 Å². The maximum absolute atomic E-state index is 13.1. The molecule has 4 aromatic heterocycles. The number of hydrogen-bond donors (Lipinski definition) is 3. The third kappa shape index (κ3) is 3.62. The number of carbonyl (C=O) groups excluding carboxylic acids is 1. The number of nitrogens with zero attached hydrogens (tertiary/aromatic N) is 6. The van der Waals surface area contributed by atoms with Crippen molar-refractivity contribution >= 4 is 28.7 Å². The number of nitrogens with one attached hydrogen (secondary N) is 3. The monoisotopic (exact) mass is 475 g/mol. The smallest absolute Gasteiger partial charge is 0.280 e. The Bertz CT molecular complexity index is 1490. The van der Waals surface area contributed by atoms with E-state index < -0.39 is 0 Å². The quantitative estimate of drug-likeness (QED) is 0.380. The molecular formula is C23H25N9O3. The zero-order valence-electron chi connectivity index (χ0n) is 19.3. The molecule has 35 heavy (non-hydrogen) atoms. The lowest BCUT2D eigenvalue weighted by molar-refractivity contribution is -0.000686. The van der Waals surface area contributed by atoms with Gasteiger partial charge in [-0.3, -0.25) is 18.8 Å². The molecule has 0 spiro atoms. The predicted octanol–water partition coefficient (Wildman–Crippen LogP) is 1.31. The third-order valence-electron chi connectivity index (χ3n) is 6.66. The minimum absolute atomic E-state index is 0.00000951. The Kier molecular flexibility index (Phi) is 5.02. The van der Waals surface area contributed by atoms with Crippen LogP contribution in [0, 0.1) is 5.92 Å². The van der Waals surface area contributed by atoms with Crippen molar-refractivity contribution in [1.29, 1.82) is 0 Å². The first kappa shape index (κ1) is 21.4. The molecule has 2 aliphatic rings. The molecule has 0 bridgehead atoms. The Balaban J connectivity index is 1.31. The Labute approximate surface area is 199 Å². The first-order valence-electron chi connectivity index (χ1n) is 11.5.